The van der Waals surface area contributed by atoms with Crippen LogP contribution in [0.5, 0.6) is 0 Å². The van der Waals surface area contributed by atoms with Gasteiger partial charge in [0.1, 0.15) is 0 Å². The number of nitrogens with zero attached hydrogens (tertiary/aromatic N) is 1. The van der Waals surface area contributed by atoms with Gasteiger partial charge in [0.2, 0.25) is 0 Å². The first-order chi connectivity index (χ1) is 6.24. The molecule has 0 amide bonds. The van der Waals surface area contributed by atoms with E-state index in [1.165, 1.54) is 4.18 Å². The minimum atomic E-state index is -1.89. The Balaban J connectivity index is 2.27. The third kappa shape index (κ3) is 3.68. The van der Waals surface area contributed by atoms with Crippen molar-refractivity contribution in [3.8, 4) is 0 Å². The molecular weight excluding hydrogens is 271 g/mol. The van der Waals surface area contributed by atoms with Gasteiger partial charge in [-0.1, -0.05) is 0 Å². The Labute approximate surface area is 86.5 Å². The number of hydrogen-bond acceptors (Lipinski definition) is 4. The number of rotatable bonds is 4. The fourth-order valence-corrected chi connectivity index (χ4v) is 7.61. The third-order valence-corrected chi connectivity index (χ3v) is 9.92. The van der Waals surface area contributed by atoms with Crippen molar-refractivity contribution in [2.75, 3.05) is 6.61 Å². The summed E-state index contributed by atoms with van der Waals surface area (Å²) in [6.07, 6.45) is 3.40. The number of carbonyl (C=O) groups is 1. The van der Waals surface area contributed by atoms with Gasteiger partial charge in [0.25, 0.3) is 0 Å². The molecule has 4 nitrogen and oxygen atoms in total. The zero-order chi connectivity index (χ0) is 9.68. The van der Waals surface area contributed by atoms with E-state index in [0.29, 0.717) is 13.0 Å². The van der Waals surface area contributed by atoms with Crippen molar-refractivity contribution >= 4 is 33.9 Å². The fraction of sp³-hybridized carbons (Fsp3) is 0.750. The van der Waals surface area contributed by atoms with E-state index < -0.39 is 21.7 Å². The second kappa shape index (κ2) is 5.65. The van der Waals surface area contributed by atoms with Crippen molar-refractivity contribution in [3.05, 3.63) is 0 Å². The molecule has 0 aliphatic carbocycles. The number of ether oxygens (including phenoxy) is 1. The van der Waals surface area contributed by atoms with Crippen LogP contribution in [0.4, 0.5) is 0 Å². The van der Waals surface area contributed by atoms with Gasteiger partial charge in [0, 0.05) is 0 Å². The quantitative estimate of drug-likeness (QED) is 0.755. The second-order valence-electron chi connectivity index (χ2n) is 3.15. The molecule has 1 aliphatic rings. The van der Waals surface area contributed by atoms with Gasteiger partial charge in [-0.3, -0.25) is 0 Å². The van der Waals surface area contributed by atoms with Crippen molar-refractivity contribution in [2.45, 2.75) is 27.7 Å². The van der Waals surface area contributed by atoms with Crippen LogP contribution < -0.4 is 5.73 Å². The van der Waals surface area contributed by atoms with Crippen molar-refractivity contribution in [1.29, 1.82) is 0 Å². The van der Waals surface area contributed by atoms with Crippen LogP contribution in [0.25, 0.3) is 0 Å². The summed E-state index contributed by atoms with van der Waals surface area (Å²) in [5.41, 5.74) is 5.89. The van der Waals surface area contributed by atoms with Crippen LogP contribution >= 0.6 is 0 Å². The van der Waals surface area contributed by atoms with E-state index in [1.54, 1.807) is 6.92 Å². The molecule has 2 N–H and O–H groups in total. The summed E-state index contributed by atoms with van der Waals surface area (Å²) in [5.74, 6) is -0.172. The summed E-state index contributed by atoms with van der Waals surface area (Å²) in [6, 6.07) is 0. The summed E-state index contributed by atoms with van der Waals surface area (Å²) in [4.78, 5) is 11.1. The van der Waals surface area contributed by atoms with Gasteiger partial charge in [0.05, 0.1) is 0 Å². The van der Waals surface area contributed by atoms with Crippen LogP contribution in [0.15, 0.2) is 2.98 Å². The molecule has 72 valence electrons. The summed E-state index contributed by atoms with van der Waals surface area (Å²) in [6.45, 7) is 2.25. The van der Waals surface area contributed by atoms with E-state index in [1.807, 2.05) is 6.21 Å². The van der Waals surface area contributed by atoms with Crippen LogP contribution in [-0.4, -0.2) is 44.3 Å². The molecule has 5 heteroatoms. The molecule has 1 unspecified atom stereocenters. The van der Waals surface area contributed by atoms with E-state index >= 15 is 0 Å². The molecule has 0 aromatic rings. The average molecular weight is 286 g/mol. The van der Waals surface area contributed by atoms with Crippen LogP contribution in [0.2, 0.25) is 4.18 Å². The first-order valence-electron chi connectivity index (χ1n) is 4.67. The van der Waals surface area contributed by atoms with Gasteiger partial charge in [-0.2, -0.15) is 0 Å². The van der Waals surface area contributed by atoms with E-state index in [0.717, 1.165) is 6.42 Å². The molecule has 1 rings (SSSR count). The summed E-state index contributed by atoms with van der Waals surface area (Å²) >= 11 is -1.89. The van der Waals surface area contributed by atoms with Crippen molar-refractivity contribution in [1.82, 2.24) is 0 Å². The van der Waals surface area contributed by atoms with E-state index in [9.17, 15) is 4.79 Å². The molecule has 1 heterocycles. The topological polar surface area (TPSA) is 64.7 Å². The number of carbonyl (C=O) groups excluding carboxylic acids is 1. The van der Waals surface area contributed by atoms with E-state index in [2.05, 4.69) is 2.98 Å². The SMILES string of the molecule is CCOC(=O)C[CH](N)[In]1[CH2]CC=[N]1. The summed E-state index contributed by atoms with van der Waals surface area (Å²) in [5, 5.41) is 0. The van der Waals surface area contributed by atoms with Gasteiger partial charge < -0.3 is 0 Å². The van der Waals surface area contributed by atoms with Gasteiger partial charge in [-0.05, 0) is 0 Å². The maximum atomic E-state index is 11.1. The van der Waals surface area contributed by atoms with Crippen LogP contribution in [0.1, 0.15) is 19.8 Å². The Morgan fingerprint density at radius 2 is 2.62 bits per heavy atom. The Hall–Kier alpha value is -0.0299. The number of esters is 1. The molecule has 0 fully saturated rings. The molecular formula is C8H15InN2O2. The average Bonchev–Trinajstić information content (AvgIpc) is 2.55. The van der Waals surface area contributed by atoms with Crippen LogP contribution in [0.3, 0.4) is 0 Å². The fourth-order valence-electron chi connectivity index (χ4n) is 1.40. The van der Waals surface area contributed by atoms with Gasteiger partial charge in [-0.15, -0.1) is 0 Å². The predicted octanol–water partition coefficient (Wildman–Crippen LogP) is 0.272. The van der Waals surface area contributed by atoms with Crippen molar-refractivity contribution < 1.29 is 9.53 Å². The Bertz CT molecular complexity index is 208. The van der Waals surface area contributed by atoms with Gasteiger partial charge in [-0.25, -0.2) is 0 Å². The van der Waals surface area contributed by atoms with E-state index in [4.69, 9.17) is 10.5 Å². The molecule has 0 saturated heterocycles. The summed E-state index contributed by atoms with van der Waals surface area (Å²) in [7, 11) is 0. The Morgan fingerprint density at radius 3 is 3.15 bits per heavy atom. The first-order valence-corrected chi connectivity index (χ1v) is 10.4. The van der Waals surface area contributed by atoms with Crippen LogP contribution in [0, 0.1) is 0 Å². The molecule has 0 aromatic heterocycles. The minimum absolute atomic E-state index is 0.0274. The van der Waals surface area contributed by atoms with Gasteiger partial charge >= 0.3 is 86.5 Å². The van der Waals surface area contributed by atoms with Gasteiger partial charge in [0.15, 0.2) is 0 Å². The molecule has 0 saturated carbocycles. The number of nitrogens with two attached hydrogens (primary N) is 1. The molecule has 1 atom stereocenters. The summed E-state index contributed by atoms with van der Waals surface area (Å²) < 4.78 is 10.4. The number of hydrogen-bond donors (Lipinski definition) is 1. The molecule has 0 spiro atoms. The Morgan fingerprint density at radius 1 is 1.85 bits per heavy atom. The molecule has 0 radical (unpaired) electrons. The van der Waals surface area contributed by atoms with Crippen LogP contribution in [-0.2, 0) is 9.53 Å². The van der Waals surface area contributed by atoms with E-state index in [-0.39, 0.29) is 9.77 Å². The zero-order valence-corrected chi connectivity index (χ0v) is 11.2. The molecule has 0 bridgehead atoms. The maximum absolute atomic E-state index is 11.1. The normalized spacial score (nSPS) is 17.5. The molecule has 0 aromatic carbocycles. The van der Waals surface area contributed by atoms with Crippen molar-refractivity contribution in [2.24, 2.45) is 8.71 Å². The monoisotopic (exact) mass is 286 g/mol. The Kier molecular flexibility index (Phi) is 4.80. The van der Waals surface area contributed by atoms with Crippen molar-refractivity contribution in [3.63, 3.8) is 0 Å². The molecule has 13 heavy (non-hydrogen) atoms. The zero-order valence-electron chi connectivity index (χ0n) is 7.90. The second-order valence-corrected chi connectivity index (χ2v) is 11.3. The standard InChI is InChI=1S/C5H10NO2.C3H5N.In/c1-2-8-5(7)3-4-6;1-2-3-4;/h4H,2-3,6H2,1H3;3H,1-2H2;/q;-1;+1. The third-order valence-electron chi connectivity index (χ3n) is 2.09. The predicted molar refractivity (Wildman–Crippen MR) is 52.9 cm³/mol. The molecule has 1 aliphatic heterocycles. The first kappa shape index (κ1) is 11.0.